The number of halogens is 1. The van der Waals surface area contributed by atoms with Crippen LogP contribution in [0.3, 0.4) is 0 Å². The van der Waals surface area contributed by atoms with Gasteiger partial charge < -0.3 is 14.8 Å². The lowest BCUT2D eigenvalue weighted by atomic mass is 10.2. The van der Waals surface area contributed by atoms with E-state index in [2.05, 4.69) is 10.0 Å². The topological polar surface area (TPSA) is 93.7 Å². The van der Waals surface area contributed by atoms with Gasteiger partial charge in [0.2, 0.25) is 0 Å². The molecule has 9 heteroatoms. The first-order chi connectivity index (χ1) is 15.3. The highest BCUT2D eigenvalue weighted by molar-refractivity contribution is 7.92. The van der Waals surface area contributed by atoms with Gasteiger partial charge in [-0.05, 0) is 79.2 Å². The van der Waals surface area contributed by atoms with Gasteiger partial charge in [-0.2, -0.15) is 0 Å². The lowest BCUT2D eigenvalue weighted by molar-refractivity contribution is -0.122. The van der Waals surface area contributed by atoms with Crippen molar-refractivity contribution >= 4 is 38.9 Å². The van der Waals surface area contributed by atoms with E-state index in [1.165, 1.54) is 31.4 Å². The molecule has 1 atom stereocenters. The van der Waals surface area contributed by atoms with Crippen molar-refractivity contribution in [1.82, 2.24) is 0 Å². The minimum atomic E-state index is -3.78. The summed E-state index contributed by atoms with van der Waals surface area (Å²) >= 11 is 5.87. The Labute approximate surface area is 192 Å². The van der Waals surface area contributed by atoms with Crippen molar-refractivity contribution in [3.05, 3.63) is 77.8 Å². The largest absolute Gasteiger partial charge is 0.497 e. The number of nitrogens with one attached hydrogen (secondary N) is 2. The maximum atomic E-state index is 12.6. The van der Waals surface area contributed by atoms with Crippen molar-refractivity contribution in [2.24, 2.45) is 0 Å². The zero-order chi connectivity index (χ0) is 23.1. The minimum Gasteiger partial charge on any atom is -0.497 e. The maximum absolute atomic E-state index is 12.6. The number of carbonyl (C=O) groups is 1. The molecule has 7 nitrogen and oxygen atoms in total. The third-order valence-corrected chi connectivity index (χ3v) is 6.18. The predicted molar refractivity (Wildman–Crippen MR) is 125 cm³/mol. The summed E-state index contributed by atoms with van der Waals surface area (Å²) in [5.41, 5.74) is 0.866. The molecule has 0 aliphatic rings. The summed E-state index contributed by atoms with van der Waals surface area (Å²) < 4.78 is 38.5. The second-order valence-corrected chi connectivity index (χ2v) is 8.94. The van der Waals surface area contributed by atoms with Crippen LogP contribution >= 0.6 is 11.6 Å². The standard InChI is InChI=1S/C23H23ClN2O5S/c1-3-22(31-20-10-4-16(24)5-11-20)23(27)25-17-8-14-21(15-9-17)32(28,29)26-18-6-12-19(30-2)13-7-18/h4-15,22,26H,3H2,1-2H3,(H,25,27)/t22-/m0/s1. The zero-order valence-corrected chi connectivity index (χ0v) is 19.1. The molecule has 0 aliphatic carbocycles. The molecule has 3 aromatic carbocycles. The average molecular weight is 475 g/mol. The summed E-state index contributed by atoms with van der Waals surface area (Å²) in [6, 6.07) is 19.2. The molecule has 32 heavy (non-hydrogen) atoms. The van der Waals surface area contributed by atoms with Crippen LogP contribution in [-0.2, 0) is 14.8 Å². The van der Waals surface area contributed by atoms with Crippen LogP contribution < -0.4 is 19.5 Å². The quantitative estimate of drug-likeness (QED) is 0.458. The second kappa shape index (κ2) is 10.4. The summed E-state index contributed by atoms with van der Waals surface area (Å²) in [5.74, 6) is 0.815. The molecule has 0 unspecified atom stereocenters. The molecule has 0 saturated heterocycles. The fraction of sp³-hybridized carbons (Fsp3) is 0.174. The highest BCUT2D eigenvalue weighted by Crippen LogP contribution is 2.22. The van der Waals surface area contributed by atoms with E-state index in [4.69, 9.17) is 21.1 Å². The van der Waals surface area contributed by atoms with Gasteiger partial charge in [0.1, 0.15) is 11.5 Å². The monoisotopic (exact) mass is 474 g/mol. The van der Waals surface area contributed by atoms with Gasteiger partial charge >= 0.3 is 0 Å². The third kappa shape index (κ3) is 6.15. The average Bonchev–Trinajstić information content (AvgIpc) is 2.79. The molecular formula is C23H23ClN2O5S. The Hall–Kier alpha value is -3.23. The van der Waals surface area contributed by atoms with Crippen LogP contribution in [0.15, 0.2) is 77.7 Å². The van der Waals surface area contributed by atoms with Gasteiger partial charge in [-0.15, -0.1) is 0 Å². The molecule has 0 aromatic heterocycles. The molecule has 0 spiro atoms. The summed E-state index contributed by atoms with van der Waals surface area (Å²) in [6.07, 6.45) is -0.261. The fourth-order valence-electron chi connectivity index (χ4n) is 2.81. The first kappa shape index (κ1) is 23.4. The van der Waals surface area contributed by atoms with Crippen LogP contribution in [0.2, 0.25) is 5.02 Å². The van der Waals surface area contributed by atoms with Gasteiger partial charge in [-0.3, -0.25) is 9.52 Å². The zero-order valence-electron chi connectivity index (χ0n) is 17.5. The highest BCUT2D eigenvalue weighted by atomic mass is 35.5. The van der Waals surface area contributed by atoms with Gasteiger partial charge in [0.25, 0.3) is 15.9 Å². The molecule has 3 rings (SSSR count). The SMILES string of the molecule is CC[C@H](Oc1ccc(Cl)cc1)C(=O)Nc1ccc(S(=O)(=O)Nc2ccc(OC)cc2)cc1. The van der Waals surface area contributed by atoms with Crippen LogP contribution in [-0.4, -0.2) is 27.5 Å². The first-order valence-corrected chi connectivity index (χ1v) is 11.7. The van der Waals surface area contributed by atoms with Crippen LogP contribution in [0.25, 0.3) is 0 Å². The van der Waals surface area contributed by atoms with E-state index in [0.717, 1.165) is 0 Å². The van der Waals surface area contributed by atoms with E-state index in [-0.39, 0.29) is 10.8 Å². The Balaban J connectivity index is 1.64. The Morgan fingerprint density at radius 1 is 0.906 bits per heavy atom. The lowest BCUT2D eigenvalue weighted by Gasteiger charge is -2.17. The number of rotatable bonds is 9. The number of benzene rings is 3. The number of amides is 1. The lowest BCUT2D eigenvalue weighted by Crippen LogP contribution is -2.32. The highest BCUT2D eigenvalue weighted by Gasteiger charge is 2.19. The Bertz CT molecular complexity index is 1150. The van der Waals surface area contributed by atoms with Crippen molar-refractivity contribution in [2.45, 2.75) is 24.3 Å². The molecule has 0 fully saturated rings. The number of methoxy groups -OCH3 is 1. The molecule has 0 bridgehead atoms. The van der Waals surface area contributed by atoms with Crippen LogP contribution in [0.1, 0.15) is 13.3 Å². The van der Waals surface area contributed by atoms with Gasteiger partial charge in [0.05, 0.1) is 12.0 Å². The number of sulfonamides is 1. The smallest absolute Gasteiger partial charge is 0.265 e. The van der Waals surface area contributed by atoms with Gasteiger partial charge in [-0.1, -0.05) is 18.5 Å². The van der Waals surface area contributed by atoms with Gasteiger partial charge in [-0.25, -0.2) is 8.42 Å². The van der Waals surface area contributed by atoms with Crippen LogP contribution in [0.5, 0.6) is 11.5 Å². The molecular weight excluding hydrogens is 452 g/mol. The summed E-state index contributed by atoms with van der Waals surface area (Å²) in [7, 11) is -2.25. The number of ether oxygens (including phenoxy) is 2. The van der Waals surface area contributed by atoms with E-state index in [9.17, 15) is 13.2 Å². The van der Waals surface area contributed by atoms with Crippen LogP contribution in [0.4, 0.5) is 11.4 Å². The number of carbonyl (C=O) groups excluding carboxylic acids is 1. The molecule has 0 heterocycles. The van der Waals surface area contributed by atoms with E-state index in [0.29, 0.717) is 34.3 Å². The normalized spacial score (nSPS) is 12.0. The van der Waals surface area contributed by atoms with E-state index in [1.807, 2.05) is 6.92 Å². The molecule has 2 N–H and O–H groups in total. The number of anilines is 2. The van der Waals surface area contributed by atoms with Gasteiger partial charge in [0, 0.05) is 16.4 Å². The van der Waals surface area contributed by atoms with E-state index < -0.39 is 16.1 Å². The fourth-order valence-corrected chi connectivity index (χ4v) is 4.00. The molecule has 0 saturated carbocycles. The van der Waals surface area contributed by atoms with E-state index >= 15 is 0 Å². The second-order valence-electron chi connectivity index (χ2n) is 6.82. The minimum absolute atomic E-state index is 0.0655. The van der Waals surface area contributed by atoms with E-state index in [1.54, 1.807) is 48.5 Å². The molecule has 3 aromatic rings. The number of hydrogen-bond donors (Lipinski definition) is 2. The summed E-state index contributed by atoms with van der Waals surface area (Å²) in [4.78, 5) is 12.7. The third-order valence-electron chi connectivity index (χ3n) is 4.53. The van der Waals surface area contributed by atoms with Crippen molar-refractivity contribution in [1.29, 1.82) is 0 Å². The Morgan fingerprint density at radius 3 is 2.03 bits per heavy atom. The van der Waals surface area contributed by atoms with Crippen molar-refractivity contribution in [2.75, 3.05) is 17.1 Å². The molecule has 1 amide bonds. The summed E-state index contributed by atoms with van der Waals surface area (Å²) in [5, 5.41) is 3.32. The Kier molecular flexibility index (Phi) is 7.61. The predicted octanol–water partition coefficient (Wildman–Crippen LogP) is 4.95. The molecule has 0 radical (unpaired) electrons. The molecule has 0 aliphatic heterocycles. The van der Waals surface area contributed by atoms with Crippen LogP contribution in [0, 0.1) is 0 Å². The maximum Gasteiger partial charge on any atom is 0.265 e. The van der Waals surface area contributed by atoms with Crippen molar-refractivity contribution in [3.8, 4) is 11.5 Å². The molecule has 168 valence electrons. The first-order valence-electron chi connectivity index (χ1n) is 9.81. The van der Waals surface area contributed by atoms with Gasteiger partial charge in [0.15, 0.2) is 6.10 Å². The van der Waals surface area contributed by atoms with Crippen molar-refractivity contribution in [3.63, 3.8) is 0 Å². The summed E-state index contributed by atoms with van der Waals surface area (Å²) in [6.45, 7) is 1.83. The Morgan fingerprint density at radius 2 is 1.47 bits per heavy atom. The number of hydrogen-bond acceptors (Lipinski definition) is 5. The van der Waals surface area contributed by atoms with Crippen molar-refractivity contribution < 1.29 is 22.7 Å².